The smallest absolute Gasteiger partial charge is 0.306 e. The molecule has 0 aliphatic heterocycles. The van der Waals surface area contributed by atoms with Crippen molar-refractivity contribution < 1.29 is 42.1 Å². The minimum absolute atomic E-state index is 0.0354. The molecule has 0 aromatic heterocycles. The predicted molar refractivity (Wildman–Crippen MR) is 328 cm³/mol. The second kappa shape index (κ2) is 57.6. The Kier molecular flexibility index (Phi) is 55.3. The fourth-order valence-electron chi connectivity index (χ4n) is 8.56. The Hall–Kier alpha value is -3.07. The Morgan fingerprint density at radius 1 is 0.416 bits per heavy atom. The van der Waals surface area contributed by atoms with Crippen LogP contribution in [0.4, 0.5) is 0 Å². The Morgan fingerprint density at radius 3 is 1.10 bits per heavy atom. The summed E-state index contributed by atoms with van der Waals surface area (Å²) in [6.07, 6.45) is 78.9. The van der Waals surface area contributed by atoms with Crippen molar-refractivity contribution in [1.82, 2.24) is 0 Å². The van der Waals surface area contributed by atoms with Crippen LogP contribution in [0, 0.1) is 0 Å². The maximum atomic E-state index is 12.8. The van der Waals surface area contributed by atoms with Gasteiger partial charge in [0.25, 0.3) is 7.82 Å². The molecule has 0 bridgehead atoms. The first-order valence-corrected chi connectivity index (χ1v) is 32.9. The molecule has 0 N–H and O–H groups in total. The van der Waals surface area contributed by atoms with E-state index >= 15 is 0 Å². The summed E-state index contributed by atoms with van der Waals surface area (Å²) in [7, 11) is 1.16. The Labute approximate surface area is 474 Å². The molecule has 9 nitrogen and oxygen atoms in total. The second-order valence-electron chi connectivity index (χ2n) is 22.0. The fraction of sp³-hybridized carbons (Fsp3) is 0.731. The van der Waals surface area contributed by atoms with Gasteiger partial charge in [0.15, 0.2) is 6.10 Å². The third-order valence-corrected chi connectivity index (χ3v) is 14.3. The summed E-state index contributed by atoms with van der Waals surface area (Å²) in [6, 6.07) is 0. The average Bonchev–Trinajstić information content (AvgIpc) is 3.39. The molecule has 10 heteroatoms. The Morgan fingerprint density at radius 2 is 0.740 bits per heavy atom. The van der Waals surface area contributed by atoms with E-state index in [4.69, 9.17) is 18.5 Å². The van der Waals surface area contributed by atoms with Crippen molar-refractivity contribution in [2.45, 2.75) is 270 Å². The Balaban J connectivity index is 4.15. The number of allylic oxidation sites excluding steroid dienone is 16. The summed E-state index contributed by atoms with van der Waals surface area (Å²) >= 11 is 0. The summed E-state index contributed by atoms with van der Waals surface area (Å²) in [5, 5.41) is 0. The number of carbonyl (C=O) groups excluding carboxylic acids is 2. The average molecular weight is 1100 g/mol. The molecule has 0 aromatic rings. The molecule has 0 aromatic carbocycles. The number of unbranched alkanes of at least 4 members (excludes halogenated alkanes) is 27. The van der Waals surface area contributed by atoms with Gasteiger partial charge in [0.2, 0.25) is 0 Å². The van der Waals surface area contributed by atoms with E-state index in [0.717, 1.165) is 96.3 Å². The maximum Gasteiger partial charge on any atom is 0.306 e. The maximum absolute atomic E-state index is 12.8. The van der Waals surface area contributed by atoms with Crippen molar-refractivity contribution in [2.24, 2.45) is 0 Å². The zero-order valence-electron chi connectivity index (χ0n) is 50.4. The minimum atomic E-state index is -4.64. The molecule has 0 aliphatic carbocycles. The van der Waals surface area contributed by atoms with Crippen LogP contribution in [0.1, 0.15) is 264 Å². The van der Waals surface area contributed by atoms with Gasteiger partial charge < -0.3 is 27.9 Å². The number of esters is 2. The molecular weight excluding hydrogens is 978 g/mol. The van der Waals surface area contributed by atoms with Crippen molar-refractivity contribution in [3.05, 3.63) is 97.2 Å². The van der Waals surface area contributed by atoms with Gasteiger partial charge in [-0.05, 0) is 77.0 Å². The van der Waals surface area contributed by atoms with Gasteiger partial charge in [0, 0.05) is 12.8 Å². The van der Waals surface area contributed by atoms with Crippen LogP contribution in [-0.4, -0.2) is 70.0 Å². The lowest BCUT2D eigenvalue weighted by molar-refractivity contribution is -0.870. The Bertz CT molecular complexity index is 1620. The molecule has 0 rings (SSSR count). The van der Waals surface area contributed by atoms with Crippen LogP contribution in [0.3, 0.4) is 0 Å². The zero-order chi connectivity index (χ0) is 56.3. The van der Waals surface area contributed by atoms with E-state index in [2.05, 4.69) is 111 Å². The van der Waals surface area contributed by atoms with Crippen molar-refractivity contribution in [1.29, 1.82) is 0 Å². The van der Waals surface area contributed by atoms with Gasteiger partial charge in [-0.15, -0.1) is 0 Å². The van der Waals surface area contributed by atoms with Crippen molar-refractivity contribution in [3.63, 3.8) is 0 Å². The van der Waals surface area contributed by atoms with Gasteiger partial charge in [0.1, 0.15) is 19.8 Å². The minimum Gasteiger partial charge on any atom is -0.756 e. The molecular formula is C67H118NO8P. The van der Waals surface area contributed by atoms with Crippen molar-refractivity contribution >= 4 is 19.8 Å². The number of nitrogens with zero attached hydrogens (tertiary/aromatic N) is 1. The third kappa shape index (κ3) is 62.0. The largest absolute Gasteiger partial charge is 0.756 e. The highest BCUT2D eigenvalue weighted by molar-refractivity contribution is 7.45. The highest BCUT2D eigenvalue weighted by Gasteiger charge is 2.22. The summed E-state index contributed by atoms with van der Waals surface area (Å²) in [5.74, 6) is -0.838. The van der Waals surface area contributed by atoms with Crippen LogP contribution >= 0.6 is 7.82 Å². The van der Waals surface area contributed by atoms with E-state index in [1.807, 2.05) is 21.1 Å². The molecule has 0 heterocycles. The normalized spacial score (nSPS) is 13.9. The molecule has 0 fully saturated rings. The second-order valence-corrected chi connectivity index (χ2v) is 23.5. The number of rotatable bonds is 57. The van der Waals surface area contributed by atoms with Crippen molar-refractivity contribution in [2.75, 3.05) is 47.5 Å². The molecule has 444 valence electrons. The van der Waals surface area contributed by atoms with Crippen LogP contribution in [-0.2, 0) is 32.7 Å². The van der Waals surface area contributed by atoms with Crippen LogP contribution in [0.15, 0.2) is 97.2 Å². The number of hydrogen-bond acceptors (Lipinski definition) is 8. The number of ether oxygens (including phenoxy) is 2. The van der Waals surface area contributed by atoms with E-state index < -0.39 is 26.5 Å². The number of phosphoric ester groups is 1. The lowest BCUT2D eigenvalue weighted by Crippen LogP contribution is -2.37. The van der Waals surface area contributed by atoms with Gasteiger partial charge in [-0.2, -0.15) is 0 Å². The standard InChI is InChI=1S/C67H118NO8P/c1-6-8-10-12-14-16-18-20-22-24-26-28-29-30-31-32-33-34-35-36-37-38-39-40-42-44-46-48-50-52-54-56-58-60-67(70)76-65(64-75-77(71,72)74-62-61-68(3,4)5)63-73-66(69)59-57-55-53-51-49-47-45-43-41-27-25-23-21-19-17-15-13-11-9-7-2/h8,10,14,16,20,22,26,28,30-31,33-34,36-37,39-40,65H,6-7,9,11-13,15,17-19,21,23-25,27,29,32,35,38,41-64H2,1-5H3/b10-8-,16-14-,22-20-,28-26-,31-30-,34-33-,37-36-,40-39-. The number of quaternary nitrogens is 1. The monoisotopic (exact) mass is 1100 g/mol. The van der Waals surface area contributed by atoms with Crippen LogP contribution in [0.2, 0.25) is 0 Å². The van der Waals surface area contributed by atoms with Crippen LogP contribution in [0.5, 0.6) is 0 Å². The number of phosphoric acid groups is 1. The highest BCUT2D eigenvalue weighted by Crippen LogP contribution is 2.38. The third-order valence-electron chi connectivity index (χ3n) is 13.4. The molecule has 0 radical (unpaired) electrons. The molecule has 0 saturated heterocycles. The van der Waals surface area contributed by atoms with Gasteiger partial charge >= 0.3 is 11.9 Å². The van der Waals surface area contributed by atoms with E-state index in [-0.39, 0.29) is 32.0 Å². The van der Waals surface area contributed by atoms with Gasteiger partial charge in [-0.3, -0.25) is 14.2 Å². The molecule has 0 saturated carbocycles. The quantitative estimate of drug-likeness (QED) is 0.0195. The molecule has 2 atom stereocenters. The van der Waals surface area contributed by atoms with Gasteiger partial charge in [0.05, 0.1) is 27.7 Å². The SMILES string of the molecule is CC/C=C\C/C=C\C/C=C\C/C=C\C/C=C\C/C=C\C/C=C\C/C=C\CCCCCCCCCCC(=O)OC(COC(=O)CCCCCCCCCCCCCCCCCCCCCC)COP(=O)([O-])OCC[N+](C)(C)C. The molecule has 0 amide bonds. The topological polar surface area (TPSA) is 111 Å². The summed E-state index contributed by atoms with van der Waals surface area (Å²) in [5.41, 5.74) is 0. The van der Waals surface area contributed by atoms with E-state index in [1.54, 1.807) is 0 Å². The zero-order valence-corrected chi connectivity index (χ0v) is 51.3. The van der Waals surface area contributed by atoms with Gasteiger partial charge in [-0.25, -0.2) is 0 Å². The predicted octanol–water partition coefficient (Wildman–Crippen LogP) is 19.4. The first-order valence-electron chi connectivity index (χ1n) is 31.4. The van der Waals surface area contributed by atoms with E-state index in [0.29, 0.717) is 17.4 Å². The summed E-state index contributed by atoms with van der Waals surface area (Å²) in [4.78, 5) is 37.9. The van der Waals surface area contributed by atoms with E-state index in [9.17, 15) is 19.0 Å². The lowest BCUT2D eigenvalue weighted by atomic mass is 10.0. The van der Waals surface area contributed by atoms with Crippen LogP contribution in [0.25, 0.3) is 0 Å². The molecule has 77 heavy (non-hydrogen) atoms. The number of hydrogen-bond donors (Lipinski definition) is 0. The molecule has 2 unspecified atom stereocenters. The first-order chi connectivity index (χ1) is 37.5. The highest BCUT2D eigenvalue weighted by atomic mass is 31.2. The fourth-order valence-corrected chi connectivity index (χ4v) is 9.28. The molecule has 0 spiro atoms. The molecule has 0 aliphatic rings. The number of carbonyl (C=O) groups is 2. The summed E-state index contributed by atoms with van der Waals surface area (Å²) in [6.45, 7) is 4.14. The van der Waals surface area contributed by atoms with E-state index in [1.165, 1.54) is 135 Å². The lowest BCUT2D eigenvalue weighted by Gasteiger charge is -2.28. The number of likely N-dealkylation sites (N-methyl/N-ethyl adjacent to an activating group) is 1. The van der Waals surface area contributed by atoms with Crippen LogP contribution < -0.4 is 4.89 Å². The van der Waals surface area contributed by atoms with Gasteiger partial charge in [-0.1, -0.05) is 272 Å². The first kappa shape index (κ1) is 73.9. The summed E-state index contributed by atoms with van der Waals surface area (Å²) < 4.78 is 34.2. The van der Waals surface area contributed by atoms with Crippen molar-refractivity contribution in [3.8, 4) is 0 Å².